The van der Waals surface area contributed by atoms with Gasteiger partial charge in [-0.3, -0.25) is 9.59 Å². The summed E-state index contributed by atoms with van der Waals surface area (Å²) in [6.45, 7) is 3.47. The number of nitrogens with zero attached hydrogens (tertiary/aromatic N) is 1. The molecule has 0 aliphatic carbocycles. The molecule has 23 heavy (non-hydrogen) atoms. The molecule has 0 unspecified atom stereocenters. The molecule has 0 fully saturated rings. The first-order valence-corrected chi connectivity index (χ1v) is 7.65. The third-order valence-corrected chi connectivity index (χ3v) is 3.50. The Hall–Kier alpha value is -2.68. The van der Waals surface area contributed by atoms with Gasteiger partial charge in [-0.25, -0.2) is 9.78 Å². The molecule has 1 atom stereocenters. The van der Waals surface area contributed by atoms with Gasteiger partial charge in [-0.2, -0.15) is 0 Å². The van der Waals surface area contributed by atoms with Crippen molar-refractivity contribution in [1.82, 2.24) is 10.3 Å². The molecule has 0 bridgehead atoms. The molecular weight excluding hydrogens is 322 g/mol. The molecule has 9 heteroatoms. The number of carbonyl (C=O) groups excluding carboxylic acids is 3. The van der Waals surface area contributed by atoms with E-state index < -0.39 is 23.8 Å². The van der Waals surface area contributed by atoms with Gasteiger partial charge in [0, 0.05) is 5.38 Å². The van der Waals surface area contributed by atoms with Crippen LogP contribution in [0.25, 0.3) is 0 Å². The minimum Gasteiger partial charge on any atom is -0.472 e. The predicted molar refractivity (Wildman–Crippen MR) is 82.3 cm³/mol. The molecule has 2 amide bonds. The quantitative estimate of drug-likeness (QED) is 0.776. The number of anilines is 1. The summed E-state index contributed by atoms with van der Waals surface area (Å²) in [7, 11) is 0. The average Bonchev–Trinajstić information content (AvgIpc) is 3.18. The average molecular weight is 337 g/mol. The molecule has 122 valence electrons. The van der Waals surface area contributed by atoms with Crippen molar-refractivity contribution in [1.29, 1.82) is 0 Å². The number of ether oxygens (including phenoxy) is 1. The van der Waals surface area contributed by atoms with Crippen LogP contribution in [0.2, 0.25) is 0 Å². The van der Waals surface area contributed by atoms with E-state index in [1.54, 1.807) is 6.92 Å². The third-order valence-electron chi connectivity index (χ3n) is 2.74. The summed E-state index contributed by atoms with van der Waals surface area (Å²) in [5, 5.41) is 6.80. The summed E-state index contributed by atoms with van der Waals surface area (Å²) in [4.78, 5) is 39.3. The normalized spacial score (nSPS) is 11.6. The fourth-order valence-electron chi connectivity index (χ4n) is 1.58. The summed E-state index contributed by atoms with van der Waals surface area (Å²) in [5.41, 5.74) is 0.450. The van der Waals surface area contributed by atoms with Gasteiger partial charge >= 0.3 is 5.97 Å². The number of thiazole rings is 1. The molecule has 0 aliphatic rings. The van der Waals surface area contributed by atoms with Crippen molar-refractivity contribution in [2.24, 2.45) is 0 Å². The molecule has 0 radical (unpaired) electrons. The molecule has 2 heterocycles. The minimum absolute atomic E-state index is 0.127. The second kappa shape index (κ2) is 7.54. The number of amides is 2. The lowest BCUT2D eigenvalue weighted by molar-refractivity contribution is -0.117. The first kappa shape index (κ1) is 16.7. The summed E-state index contributed by atoms with van der Waals surface area (Å²) >= 11 is 1.09. The fourth-order valence-corrected chi connectivity index (χ4v) is 2.27. The molecule has 2 aromatic heterocycles. The molecule has 2 rings (SSSR count). The highest BCUT2D eigenvalue weighted by atomic mass is 32.1. The molecular formula is C14H15N3O5S. The summed E-state index contributed by atoms with van der Waals surface area (Å²) < 4.78 is 9.62. The Labute approximate surface area is 135 Å². The maximum Gasteiger partial charge on any atom is 0.357 e. The molecule has 0 spiro atoms. The molecule has 0 saturated heterocycles. The van der Waals surface area contributed by atoms with Gasteiger partial charge < -0.3 is 19.8 Å². The zero-order chi connectivity index (χ0) is 16.8. The Morgan fingerprint density at radius 2 is 2.22 bits per heavy atom. The highest BCUT2D eigenvalue weighted by Crippen LogP contribution is 2.16. The largest absolute Gasteiger partial charge is 0.472 e. The smallest absolute Gasteiger partial charge is 0.357 e. The second-order valence-electron chi connectivity index (χ2n) is 4.45. The van der Waals surface area contributed by atoms with E-state index in [0.717, 1.165) is 11.3 Å². The lowest BCUT2D eigenvalue weighted by Crippen LogP contribution is -2.41. The van der Waals surface area contributed by atoms with Crippen LogP contribution in [0.4, 0.5) is 5.13 Å². The van der Waals surface area contributed by atoms with Crippen LogP contribution in [0.1, 0.15) is 34.7 Å². The predicted octanol–water partition coefficient (Wildman–Crippen LogP) is 1.67. The maximum atomic E-state index is 12.0. The lowest BCUT2D eigenvalue weighted by atomic mass is 10.2. The monoisotopic (exact) mass is 337 g/mol. The van der Waals surface area contributed by atoms with Crippen LogP contribution in [-0.2, 0) is 9.53 Å². The molecule has 0 aliphatic heterocycles. The van der Waals surface area contributed by atoms with Gasteiger partial charge in [0.05, 0.1) is 18.4 Å². The van der Waals surface area contributed by atoms with E-state index in [4.69, 9.17) is 9.15 Å². The van der Waals surface area contributed by atoms with E-state index in [0.29, 0.717) is 5.56 Å². The summed E-state index contributed by atoms with van der Waals surface area (Å²) in [6, 6.07) is 0.708. The van der Waals surface area contributed by atoms with Crippen molar-refractivity contribution in [2.45, 2.75) is 19.9 Å². The van der Waals surface area contributed by atoms with Gasteiger partial charge in [0.25, 0.3) is 5.91 Å². The van der Waals surface area contributed by atoms with E-state index in [1.807, 2.05) is 0 Å². The summed E-state index contributed by atoms with van der Waals surface area (Å²) in [5.74, 6) is -1.43. The highest BCUT2D eigenvalue weighted by Gasteiger charge is 2.19. The number of nitrogens with one attached hydrogen (secondary N) is 2. The first-order valence-electron chi connectivity index (χ1n) is 6.77. The zero-order valence-corrected chi connectivity index (χ0v) is 13.3. The van der Waals surface area contributed by atoms with Crippen LogP contribution in [0, 0.1) is 0 Å². The van der Waals surface area contributed by atoms with Gasteiger partial charge in [0.2, 0.25) is 5.91 Å². The number of hydrogen-bond donors (Lipinski definition) is 2. The van der Waals surface area contributed by atoms with Crippen LogP contribution in [-0.4, -0.2) is 35.4 Å². The van der Waals surface area contributed by atoms with Crippen molar-refractivity contribution in [3.8, 4) is 0 Å². The van der Waals surface area contributed by atoms with Crippen LogP contribution in [0.15, 0.2) is 28.4 Å². The van der Waals surface area contributed by atoms with Crippen LogP contribution >= 0.6 is 11.3 Å². The Kier molecular flexibility index (Phi) is 5.47. The van der Waals surface area contributed by atoms with Crippen molar-refractivity contribution in [3.05, 3.63) is 35.2 Å². The maximum absolute atomic E-state index is 12.0. The number of hydrogen-bond acceptors (Lipinski definition) is 7. The molecule has 8 nitrogen and oxygen atoms in total. The van der Waals surface area contributed by atoms with Gasteiger partial charge in [-0.05, 0) is 19.9 Å². The van der Waals surface area contributed by atoms with Gasteiger partial charge in [-0.1, -0.05) is 0 Å². The Morgan fingerprint density at radius 3 is 2.87 bits per heavy atom. The molecule has 2 N–H and O–H groups in total. The minimum atomic E-state index is -0.785. The lowest BCUT2D eigenvalue weighted by Gasteiger charge is -2.12. The highest BCUT2D eigenvalue weighted by molar-refractivity contribution is 7.14. The first-order chi connectivity index (χ1) is 11.0. The van der Waals surface area contributed by atoms with E-state index in [2.05, 4.69) is 15.6 Å². The van der Waals surface area contributed by atoms with Gasteiger partial charge in [0.1, 0.15) is 12.3 Å². The van der Waals surface area contributed by atoms with Crippen LogP contribution < -0.4 is 10.6 Å². The molecule has 0 aromatic carbocycles. The third kappa shape index (κ3) is 4.39. The zero-order valence-electron chi connectivity index (χ0n) is 12.5. The number of furan rings is 1. The SMILES string of the molecule is CCOC(=O)c1csc(NC(=O)[C@@H](C)NC(=O)c2ccoc2)n1. The van der Waals surface area contributed by atoms with E-state index >= 15 is 0 Å². The van der Waals surface area contributed by atoms with Crippen molar-refractivity contribution in [3.63, 3.8) is 0 Å². The number of rotatable bonds is 6. The fraction of sp³-hybridized carbons (Fsp3) is 0.286. The van der Waals surface area contributed by atoms with Gasteiger partial charge in [0.15, 0.2) is 10.8 Å². The number of esters is 1. The topological polar surface area (TPSA) is 111 Å². The van der Waals surface area contributed by atoms with Crippen LogP contribution in [0.3, 0.4) is 0 Å². The summed E-state index contributed by atoms with van der Waals surface area (Å²) in [6.07, 6.45) is 2.65. The van der Waals surface area contributed by atoms with Crippen molar-refractivity contribution in [2.75, 3.05) is 11.9 Å². The number of carbonyl (C=O) groups is 3. The van der Waals surface area contributed by atoms with Crippen molar-refractivity contribution < 1.29 is 23.5 Å². The Bertz CT molecular complexity index is 695. The van der Waals surface area contributed by atoms with E-state index in [9.17, 15) is 14.4 Å². The molecule has 2 aromatic rings. The Morgan fingerprint density at radius 1 is 1.43 bits per heavy atom. The van der Waals surface area contributed by atoms with E-state index in [-0.39, 0.29) is 17.4 Å². The van der Waals surface area contributed by atoms with Gasteiger partial charge in [-0.15, -0.1) is 11.3 Å². The van der Waals surface area contributed by atoms with Crippen LogP contribution in [0.5, 0.6) is 0 Å². The van der Waals surface area contributed by atoms with E-state index in [1.165, 1.54) is 30.9 Å². The second-order valence-corrected chi connectivity index (χ2v) is 5.31. The standard InChI is InChI=1S/C14H15N3O5S/c1-3-22-13(20)10-7-23-14(16-10)17-11(18)8(2)15-12(19)9-4-5-21-6-9/h4-8H,3H2,1-2H3,(H,15,19)(H,16,17,18)/t8-/m1/s1. The Balaban J connectivity index is 1.91. The molecule has 0 saturated carbocycles. The van der Waals surface area contributed by atoms with Crippen molar-refractivity contribution >= 4 is 34.3 Å². The number of aromatic nitrogens is 1.